The van der Waals surface area contributed by atoms with Crippen LogP contribution in [0.4, 0.5) is 0 Å². The molecule has 0 unspecified atom stereocenters. The van der Waals surface area contributed by atoms with E-state index < -0.39 is 14.3 Å². The van der Waals surface area contributed by atoms with Crippen molar-refractivity contribution in [2.45, 2.75) is 154 Å². The zero-order valence-electron chi connectivity index (χ0n) is 23.7. The van der Waals surface area contributed by atoms with E-state index in [0.717, 1.165) is 0 Å². The van der Waals surface area contributed by atoms with Crippen molar-refractivity contribution in [2.75, 3.05) is 19.6 Å². The van der Waals surface area contributed by atoms with Crippen molar-refractivity contribution in [1.82, 2.24) is 14.7 Å². The van der Waals surface area contributed by atoms with Crippen molar-refractivity contribution >= 4 is 14.3 Å². The van der Waals surface area contributed by atoms with Gasteiger partial charge < -0.3 is 0 Å². The second kappa shape index (κ2) is 16.9. The van der Waals surface area contributed by atoms with E-state index in [4.69, 9.17) is 0 Å². The molecule has 0 spiro atoms. The summed E-state index contributed by atoms with van der Waals surface area (Å²) < 4.78 is 0. The Morgan fingerprint density at radius 1 is 0.387 bits per heavy atom. The van der Waals surface area contributed by atoms with E-state index in [1.54, 1.807) is 15.8 Å². The average molecular weight is 500 g/mol. The molecular weight excluding hydrogens is 439 g/mol. The van der Waals surface area contributed by atoms with Crippen LogP contribution < -0.4 is 0 Å². The predicted molar refractivity (Wildman–Crippen MR) is 146 cm³/mol. The Morgan fingerprint density at radius 3 is 0.742 bits per heavy atom. The molecule has 0 bridgehead atoms. The molecule has 0 saturated heterocycles. The quantitative estimate of drug-likeness (QED) is 0.193. The summed E-state index contributed by atoms with van der Waals surface area (Å²) in [5.74, 6) is 0. The van der Waals surface area contributed by atoms with E-state index in [2.05, 4.69) is 97.8 Å². The molecule has 0 heterocycles. The van der Waals surface area contributed by atoms with Crippen LogP contribution in [0.2, 0.25) is 15.8 Å². The predicted octanol–water partition coefficient (Wildman–Crippen LogP) is 6.74. The summed E-state index contributed by atoms with van der Waals surface area (Å²) in [7, 11) is 0. The summed E-state index contributed by atoms with van der Waals surface area (Å²) in [6.45, 7) is 32.2. The van der Waals surface area contributed by atoms with E-state index in [-0.39, 0.29) is 0 Å². The standard InChI is InChI=1S/C27H61GeN3/c1-22(2)29(23(3)4)19-13-16-28(17-14-20-30(24(5)6)25(7)8)18-15-21-31(26(9)10)27(11)12/h22-28H,13-21H2,1-12H3. The third-order valence-electron chi connectivity index (χ3n) is 7.07. The van der Waals surface area contributed by atoms with Crippen molar-refractivity contribution < 1.29 is 0 Å². The van der Waals surface area contributed by atoms with Gasteiger partial charge >= 0.3 is 203 Å². The first-order valence-electron chi connectivity index (χ1n) is 13.7. The fourth-order valence-electron chi connectivity index (χ4n) is 5.46. The molecule has 0 saturated carbocycles. The third-order valence-corrected chi connectivity index (χ3v) is 14.8. The van der Waals surface area contributed by atoms with Gasteiger partial charge in [0.1, 0.15) is 0 Å². The Kier molecular flexibility index (Phi) is 17.2. The summed E-state index contributed by atoms with van der Waals surface area (Å²) in [5, 5.41) is 4.74. The molecule has 4 heteroatoms. The average Bonchev–Trinajstić information content (AvgIpc) is 2.62. The molecule has 0 fully saturated rings. The van der Waals surface area contributed by atoms with Gasteiger partial charge in [0.2, 0.25) is 0 Å². The molecule has 0 amide bonds. The maximum absolute atomic E-state index is 2.69. The van der Waals surface area contributed by atoms with Gasteiger partial charge in [-0.3, -0.25) is 0 Å². The third kappa shape index (κ3) is 13.7. The molecule has 0 rings (SSSR count). The van der Waals surface area contributed by atoms with E-state index >= 15 is 0 Å². The van der Waals surface area contributed by atoms with Crippen molar-refractivity contribution in [3.05, 3.63) is 0 Å². The SMILES string of the molecule is CC(C)N(CC[CH2][GeH]([CH2]CCN(C(C)C)C(C)C)[CH2]CCN(C(C)C)C(C)C)C(C)C. The maximum atomic E-state index is 2.69. The van der Waals surface area contributed by atoms with Gasteiger partial charge in [-0.15, -0.1) is 0 Å². The fourth-order valence-corrected chi connectivity index (χ4v) is 12.1. The molecular formula is C27H61GeN3. The second-order valence-corrected chi connectivity index (χ2v) is 18.8. The summed E-state index contributed by atoms with van der Waals surface area (Å²) in [6, 6.07) is 4.01. The van der Waals surface area contributed by atoms with Gasteiger partial charge in [0.05, 0.1) is 0 Å². The van der Waals surface area contributed by atoms with Crippen molar-refractivity contribution in [2.24, 2.45) is 0 Å². The van der Waals surface area contributed by atoms with Crippen LogP contribution in [0.5, 0.6) is 0 Å². The molecule has 0 aliphatic carbocycles. The van der Waals surface area contributed by atoms with Crippen LogP contribution in [-0.4, -0.2) is 84.9 Å². The van der Waals surface area contributed by atoms with E-state index in [1.165, 1.54) is 38.9 Å². The molecule has 0 N–H and O–H groups in total. The monoisotopic (exact) mass is 501 g/mol. The molecule has 3 nitrogen and oxygen atoms in total. The van der Waals surface area contributed by atoms with Crippen LogP contribution in [-0.2, 0) is 0 Å². The van der Waals surface area contributed by atoms with Crippen molar-refractivity contribution in [3.8, 4) is 0 Å². The summed E-state index contributed by atoms with van der Waals surface area (Å²) in [4.78, 5) is 8.08. The summed E-state index contributed by atoms with van der Waals surface area (Å²) in [6.07, 6.45) is 4.28. The Bertz CT molecular complexity index is 335. The van der Waals surface area contributed by atoms with Gasteiger partial charge in [0.15, 0.2) is 0 Å². The van der Waals surface area contributed by atoms with E-state index in [1.807, 2.05) is 0 Å². The molecule has 0 aromatic rings. The van der Waals surface area contributed by atoms with Gasteiger partial charge in [-0.1, -0.05) is 0 Å². The van der Waals surface area contributed by atoms with Gasteiger partial charge in [0.25, 0.3) is 0 Å². The van der Waals surface area contributed by atoms with Gasteiger partial charge in [-0.25, -0.2) is 0 Å². The number of rotatable bonds is 18. The molecule has 0 radical (unpaired) electrons. The second-order valence-electron chi connectivity index (χ2n) is 11.6. The first-order valence-corrected chi connectivity index (χ1v) is 18.8. The van der Waals surface area contributed by atoms with Gasteiger partial charge in [0, 0.05) is 0 Å². The van der Waals surface area contributed by atoms with Gasteiger partial charge in [-0.05, 0) is 0 Å². The van der Waals surface area contributed by atoms with E-state index in [0.29, 0.717) is 36.3 Å². The Morgan fingerprint density at radius 2 is 0.581 bits per heavy atom. The van der Waals surface area contributed by atoms with Crippen molar-refractivity contribution in [1.29, 1.82) is 0 Å². The first-order chi connectivity index (χ1) is 14.4. The molecule has 0 aromatic heterocycles. The topological polar surface area (TPSA) is 9.72 Å². The number of hydrogen-bond donors (Lipinski definition) is 0. The van der Waals surface area contributed by atoms with E-state index in [9.17, 15) is 0 Å². The zero-order valence-corrected chi connectivity index (χ0v) is 26.2. The van der Waals surface area contributed by atoms with Crippen LogP contribution >= 0.6 is 0 Å². The molecule has 31 heavy (non-hydrogen) atoms. The minimum absolute atomic E-state index is 0.669. The van der Waals surface area contributed by atoms with Crippen LogP contribution in [0.3, 0.4) is 0 Å². The normalized spacial score (nSPS) is 13.4. The minimum atomic E-state index is -1.22. The summed E-state index contributed by atoms with van der Waals surface area (Å²) >= 11 is -1.22. The molecule has 0 aliphatic rings. The van der Waals surface area contributed by atoms with Crippen LogP contribution in [0.25, 0.3) is 0 Å². The number of hydrogen-bond acceptors (Lipinski definition) is 3. The Hall–Kier alpha value is 0.423. The summed E-state index contributed by atoms with van der Waals surface area (Å²) in [5.41, 5.74) is 0. The van der Waals surface area contributed by atoms with Crippen LogP contribution in [0.1, 0.15) is 102 Å². The first kappa shape index (κ1) is 31.4. The fraction of sp³-hybridized carbons (Fsp3) is 1.00. The van der Waals surface area contributed by atoms with Crippen LogP contribution in [0, 0.1) is 0 Å². The van der Waals surface area contributed by atoms with Crippen LogP contribution in [0.15, 0.2) is 0 Å². The molecule has 0 aliphatic heterocycles. The molecule has 0 atom stereocenters. The number of nitrogens with zero attached hydrogens (tertiary/aromatic N) is 3. The zero-order chi connectivity index (χ0) is 24.1. The Balaban J connectivity index is 4.80. The Labute approximate surface area is 202 Å². The van der Waals surface area contributed by atoms with Gasteiger partial charge in [-0.2, -0.15) is 0 Å². The molecule has 0 aromatic carbocycles. The molecule has 188 valence electrons. The van der Waals surface area contributed by atoms with Crippen molar-refractivity contribution in [3.63, 3.8) is 0 Å².